The molecule has 0 aliphatic carbocycles. The lowest BCUT2D eigenvalue weighted by atomic mass is 9.96. The molecule has 0 saturated carbocycles. The Hall–Kier alpha value is -0.610. The van der Waals surface area contributed by atoms with Crippen molar-refractivity contribution in [3.8, 4) is 0 Å². The van der Waals surface area contributed by atoms with Crippen LogP contribution in [0.1, 0.15) is 32.6 Å². The van der Waals surface area contributed by atoms with Gasteiger partial charge in [0.1, 0.15) is 0 Å². The maximum atomic E-state index is 11.7. The highest BCUT2D eigenvalue weighted by atomic mass is 16.3. The van der Waals surface area contributed by atoms with E-state index in [0.29, 0.717) is 32.5 Å². The van der Waals surface area contributed by atoms with Gasteiger partial charge in [-0.1, -0.05) is 6.92 Å². The monoisotopic (exact) mass is 214 g/mol. The largest absolute Gasteiger partial charge is 0.393 e. The average Bonchev–Trinajstić information content (AvgIpc) is 2.22. The Morgan fingerprint density at radius 1 is 1.53 bits per heavy atom. The summed E-state index contributed by atoms with van der Waals surface area (Å²) in [6, 6.07) is 0. The fraction of sp³-hybridized carbons (Fsp3) is 0.909. The van der Waals surface area contributed by atoms with Crippen molar-refractivity contribution in [2.75, 3.05) is 19.6 Å². The molecule has 4 nitrogen and oxygen atoms in total. The summed E-state index contributed by atoms with van der Waals surface area (Å²) < 4.78 is 0. The first kappa shape index (κ1) is 12.5. The Morgan fingerprint density at radius 2 is 2.27 bits per heavy atom. The fourth-order valence-corrected chi connectivity index (χ4v) is 1.94. The number of hydrogen-bond donors (Lipinski definition) is 2. The van der Waals surface area contributed by atoms with Crippen LogP contribution in [0.15, 0.2) is 0 Å². The lowest BCUT2D eigenvalue weighted by Gasteiger charge is -2.34. The van der Waals surface area contributed by atoms with E-state index in [9.17, 15) is 9.90 Å². The lowest BCUT2D eigenvalue weighted by molar-refractivity contribution is -0.134. The van der Waals surface area contributed by atoms with Gasteiger partial charge in [-0.05, 0) is 31.7 Å². The highest BCUT2D eigenvalue weighted by Crippen LogP contribution is 2.17. The normalized spacial score (nSPS) is 26.7. The molecule has 88 valence electrons. The number of likely N-dealkylation sites (tertiary alicyclic amines) is 1. The maximum Gasteiger partial charge on any atom is 0.222 e. The molecule has 0 spiro atoms. The number of aliphatic hydroxyl groups excluding tert-OH is 1. The molecule has 1 aliphatic heterocycles. The number of carbonyl (C=O) groups is 1. The Morgan fingerprint density at radius 3 is 2.87 bits per heavy atom. The van der Waals surface area contributed by atoms with E-state index >= 15 is 0 Å². The van der Waals surface area contributed by atoms with Gasteiger partial charge < -0.3 is 15.7 Å². The van der Waals surface area contributed by atoms with Gasteiger partial charge >= 0.3 is 0 Å². The van der Waals surface area contributed by atoms with Crippen LogP contribution in [-0.2, 0) is 4.79 Å². The number of unbranched alkanes of at least 4 members (excludes halogenated alkanes) is 1. The van der Waals surface area contributed by atoms with Gasteiger partial charge in [-0.25, -0.2) is 0 Å². The Bertz CT molecular complexity index is 209. The molecule has 15 heavy (non-hydrogen) atoms. The minimum Gasteiger partial charge on any atom is -0.393 e. The van der Waals surface area contributed by atoms with Crippen LogP contribution in [0.4, 0.5) is 0 Å². The van der Waals surface area contributed by atoms with Crippen molar-refractivity contribution in [1.82, 2.24) is 4.90 Å². The van der Waals surface area contributed by atoms with E-state index in [1.165, 1.54) is 0 Å². The third-order valence-corrected chi connectivity index (χ3v) is 3.06. The summed E-state index contributed by atoms with van der Waals surface area (Å²) in [6.07, 6.45) is 2.86. The number of nitrogens with zero attached hydrogens (tertiary/aromatic N) is 1. The van der Waals surface area contributed by atoms with Crippen LogP contribution in [-0.4, -0.2) is 41.7 Å². The first-order chi connectivity index (χ1) is 7.15. The van der Waals surface area contributed by atoms with E-state index < -0.39 is 0 Å². The van der Waals surface area contributed by atoms with Crippen molar-refractivity contribution in [3.05, 3.63) is 0 Å². The van der Waals surface area contributed by atoms with Gasteiger partial charge in [0.05, 0.1) is 6.10 Å². The van der Waals surface area contributed by atoms with Crippen LogP contribution >= 0.6 is 0 Å². The van der Waals surface area contributed by atoms with E-state index in [1.807, 2.05) is 11.8 Å². The molecule has 2 unspecified atom stereocenters. The summed E-state index contributed by atoms with van der Waals surface area (Å²) in [5, 5.41) is 9.54. The molecule has 1 saturated heterocycles. The molecule has 1 heterocycles. The van der Waals surface area contributed by atoms with Gasteiger partial charge in [-0.3, -0.25) is 4.79 Å². The molecular weight excluding hydrogens is 192 g/mol. The van der Waals surface area contributed by atoms with E-state index in [0.717, 1.165) is 12.8 Å². The molecule has 0 aromatic carbocycles. The summed E-state index contributed by atoms with van der Waals surface area (Å²) in [4.78, 5) is 13.6. The zero-order chi connectivity index (χ0) is 11.3. The average molecular weight is 214 g/mol. The molecule has 2 atom stereocenters. The number of piperidine rings is 1. The molecule has 1 rings (SSSR count). The van der Waals surface area contributed by atoms with Crippen molar-refractivity contribution in [1.29, 1.82) is 0 Å². The fourth-order valence-electron chi connectivity index (χ4n) is 1.94. The SMILES string of the molecule is CC1CN(C(=O)CCCCN)CCC1O. The van der Waals surface area contributed by atoms with Crippen molar-refractivity contribution in [2.45, 2.75) is 38.7 Å². The van der Waals surface area contributed by atoms with Gasteiger partial charge in [-0.15, -0.1) is 0 Å². The van der Waals surface area contributed by atoms with Gasteiger partial charge in [-0.2, -0.15) is 0 Å². The highest BCUT2D eigenvalue weighted by molar-refractivity contribution is 5.76. The predicted octanol–water partition coefficient (Wildman–Crippen LogP) is 0.345. The quantitative estimate of drug-likeness (QED) is 0.663. The standard InChI is InChI=1S/C11H22N2O2/c1-9-8-13(7-5-10(9)14)11(15)4-2-3-6-12/h9-10,14H,2-8,12H2,1H3. The molecule has 1 fully saturated rings. The molecule has 1 aliphatic rings. The van der Waals surface area contributed by atoms with Crippen molar-refractivity contribution < 1.29 is 9.90 Å². The van der Waals surface area contributed by atoms with Crippen molar-refractivity contribution >= 4 is 5.91 Å². The van der Waals surface area contributed by atoms with Crippen LogP contribution in [0.25, 0.3) is 0 Å². The van der Waals surface area contributed by atoms with E-state index in [4.69, 9.17) is 5.73 Å². The minimum atomic E-state index is -0.238. The zero-order valence-corrected chi connectivity index (χ0v) is 9.48. The van der Waals surface area contributed by atoms with Crippen LogP contribution in [0.5, 0.6) is 0 Å². The molecule has 0 aromatic heterocycles. The van der Waals surface area contributed by atoms with Gasteiger partial charge in [0, 0.05) is 19.5 Å². The molecule has 4 heteroatoms. The van der Waals surface area contributed by atoms with E-state index in [2.05, 4.69) is 0 Å². The molecule has 1 amide bonds. The number of aliphatic hydroxyl groups is 1. The number of rotatable bonds is 4. The molecular formula is C11H22N2O2. The molecule has 0 aromatic rings. The summed E-state index contributed by atoms with van der Waals surface area (Å²) in [5.41, 5.74) is 5.38. The molecule has 0 bridgehead atoms. The first-order valence-electron chi connectivity index (χ1n) is 5.81. The highest BCUT2D eigenvalue weighted by Gasteiger charge is 2.26. The van der Waals surface area contributed by atoms with Crippen LogP contribution < -0.4 is 5.73 Å². The second-order valence-electron chi connectivity index (χ2n) is 4.42. The van der Waals surface area contributed by atoms with Gasteiger partial charge in [0.25, 0.3) is 0 Å². The van der Waals surface area contributed by atoms with Gasteiger partial charge in [0.2, 0.25) is 5.91 Å². The Balaban J connectivity index is 2.28. The smallest absolute Gasteiger partial charge is 0.222 e. The maximum absolute atomic E-state index is 11.7. The second-order valence-corrected chi connectivity index (χ2v) is 4.42. The summed E-state index contributed by atoms with van der Waals surface area (Å²) in [7, 11) is 0. The van der Waals surface area contributed by atoms with Crippen LogP contribution in [0.3, 0.4) is 0 Å². The lowest BCUT2D eigenvalue weighted by Crippen LogP contribution is -2.44. The number of hydrogen-bond acceptors (Lipinski definition) is 3. The summed E-state index contributed by atoms with van der Waals surface area (Å²) in [6.45, 7) is 4.04. The zero-order valence-electron chi connectivity index (χ0n) is 9.48. The second kappa shape index (κ2) is 6.08. The third kappa shape index (κ3) is 3.80. The molecule has 3 N–H and O–H groups in total. The number of nitrogens with two attached hydrogens (primary N) is 1. The number of amides is 1. The summed E-state index contributed by atoms with van der Waals surface area (Å²) >= 11 is 0. The van der Waals surface area contributed by atoms with E-state index in [1.54, 1.807) is 0 Å². The van der Waals surface area contributed by atoms with E-state index in [-0.39, 0.29) is 17.9 Å². The van der Waals surface area contributed by atoms with Crippen molar-refractivity contribution in [3.63, 3.8) is 0 Å². The van der Waals surface area contributed by atoms with Gasteiger partial charge in [0.15, 0.2) is 0 Å². The van der Waals surface area contributed by atoms with Crippen LogP contribution in [0.2, 0.25) is 0 Å². The Kier molecular flexibility index (Phi) is 5.05. The summed E-state index contributed by atoms with van der Waals surface area (Å²) in [5.74, 6) is 0.416. The number of carbonyl (C=O) groups excluding carboxylic acids is 1. The third-order valence-electron chi connectivity index (χ3n) is 3.06. The Labute approximate surface area is 91.4 Å². The predicted molar refractivity (Wildman–Crippen MR) is 59.3 cm³/mol. The van der Waals surface area contributed by atoms with Crippen LogP contribution in [0, 0.1) is 5.92 Å². The minimum absolute atomic E-state index is 0.206. The topological polar surface area (TPSA) is 66.6 Å². The van der Waals surface area contributed by atoms with Crippen molar-refractivity contribution in [2.24, 2.45) is 11.7 Å². The molecule has 0 radical (unpaired) electrons. The first-order valence-corrected chi connectivity index (χ1v) is 5.81.